The first kappa shape index (κ1) is 34.8. The molecule has 2 aromatic carbocycles. The third-order valence-electron chi connectivity index (χ3n) is 8.03. The molecule has 0 unspecified atom stereocenters. The molecule has 10 heteroatoms. The highest BCUT2D eigenvalue weighted by Gasteiger charge is 2.36. The van der Waals surface area contributed by atoms with Gasteiger partial charge in [0.05, 0.1) is 11.9 Å². The minimum absolute atomic E-state index is 0.0165. The van der Waals surface area contributed by atoms with Crippen LogP contribution in [0.3, 0.4) is 0 Å². The SMILES string of the molecule is CCCN(CCC)C(=O)c1cc(C)cc(C(=O)C[C@@H](Cc2cc(F)cc(F)c2)[C@H](O)[C@@H]2CCCN(S(=O)(=O)CCC)C2)c1. The van der Waals surface area contributed by atoms with Gasteiger partial charge in [-0.25, -0.2) is 21.5 Å². The number of Topliss-reactive ketones (excluding diaryl/α,β-unsaturated/α-hetero) is 1. The predicted octanol–water partition coefficient (Wildman–Crippen LogP) is 5.78. The van der Waals surface area contributed by atoms with Crippen molar-refractivity contribution in [2.24, 2.45) is 11.8 Å². The van der Waals surface area contributed by atoms with Crippen molar-refractivity contribution in [2.75, 3.05) is 31.9 Å². The Morgan fingerprint density at radius 3 is 2.21 bits per heavy atom. The van der Waals surface area contributed by atoms with Crippen LogP contribution in [-0.2, 0) is 16.4 Å². The second-order valence-corrected chi connectivity index (χ2v) is 13.9. The van der Waals surface area contributed by atoms with Gasteiger partial charge >= 0.3 is 0 Å². The summed E-state index contributed by atoms with van der Waals surface area (Å²) in [6.45, 7) is 9.32. The molecule has 1 heterocycles. The standard InChI is InChI=1S/C33H46F2N2O5S/c1-5-10-36(11-6-2)33(40)28-15-23(4)14-26(19-28)31(38)20-27(16-24-17-29(34)21-30(35)18-24)32(39)25-9-8-12-37(22-25)43(41,42)13-7-3/h14-15,17-19,21,25,27,32,39H,5-13,16,20,22H2,1-4H3/t25-,27-,32-/m1/s1. The van der Waals surface area contributed by atoms with Gasteiger partial charge in [-0.1, -0.05) is 20.8 Å². The molecule has 7 nitrogen and oxygen atoms in total. The highest BCUT2D eigenvalue weighted by molar-refractivity contribution is 7.89. The van der Waals surface area contributed by atoms with Gasteiger partial charge in [0.25, 0.3) is 5.91 Å². The molecule has 0 saturated carbocycles. The third kappa shape index (κ3) is 9.65. The number of aryl methyl sites for hydroxylation is 1. The van der Waals surface area contributed by atoms with Crippen LogP contribution >= 0.6 is 0 Å². The predicted molar refractivity (Wildman–Crippen MR) is 165 cm³/mol. The summed E-state index contributed by atoms with van der Waals surface area (Å²) in [7, 11) is -3.47. The van der Waals surface area contributed by atoms with Crippen molar-refractivity contribution in [1.29, 1.82) is 0 Å². The number of amides is 1. The van der Waals surface area contributed by atoms with Crippen molar-refractivity contribution >= 4 is 21.7 Å². The van der Waals surface area contributed by atoms with Gasteiger partial charge in [0.1, 0.15) is 11.6 Å². The van der Waals surface area contributed by atoms with E-state index in [-0.39, 0.29) is 36.8 Å². The summed E-state index contributed by atoms with van der Waals surface area (Å²) < 4.78 is 55.1. The number of piperidine rings is 1. The zero-order chi connectivity index (χ0) is 31.7. The van der Waals surface area contributed by atoms with Crippen LogP contribution in [0.5, 0.6) is 0 Å². The van der Waals surface area contributed by atoms with Crippen LogP contribution in [0, 0.1) is 30.4 Å². The van der Waals surface area contributed by atoms with E-state index in [1.807, 2.05) is 20.8 Å². The highest BCUT2D eigenvalue weighted by Crippen LogP contribution is 2.31. The number of halogens is 2. The summed E-state index contributed by atoms with van der Waals surface area (Å²) in [4.78, 5) is 28.8. The van der Waals surface area contributed by atoms with Gasteiger partial charge in [-0.15, -0.1) is 0 Å². The van der Waals surface area contributed by atoms with Crippen molar-refractivity contribution in [3.05, 3.63) is 70.3 Å². The van der Waals surface area contributed by atoms with E-state index < -0.39 is 39.6 Å². The quantitative estimate of drug-likeness (QED) is 0.255. The minimum atomic E-state index is -3.47. The Hall–Kier alpha value is -2.69. The molecule has 0 bridgehead atoms. The van der Waals surface area contributed by atoms with E-state index in [0.717, 1.165) is 24.5 Å². The van der Waals surface area contributed by atoms with E-state index >= 15 is 0 Å². The number of hydrogen-bond acceptors (Lipinski definition) is 5. The number of carbonyl (C=O) groups is 2. The molecule has 1 aliphatic heterocycles. The molecule has 3 rings (SSSR count). The monoisotopic (exact) mass is 620 g/mol. The highest BCUT2D eigenvalue weighted by atomic mass is 32.2. The molecular weight excluding hydrogens is 574 g/mol. The fourth-order valence-corrected chi connectivity index (χ4v) is 7.68. The number of rotatable bonds is 15. The zero-order valence-electron chi connectivity index (χ0n) is 25.8. The molecule has 1 N–H and O–H groups in total. The van der Waals surface area contributed by atoms with E-state index in [1.165, 1.54) is 16.4 Å². The average molecular weight is 621 g/mol. The first-order valence-corrected chi connectivity index (χ1v) is 17.0. The molecule has 0 aliphatic carbocycles. The van der Waals surface area contributed by atoms with E-state index in [2.05, 4.69) is 0 Å². The van der Waals surface area contributed by atoms with Gasteiger partial charge in [0.2, 0.25) is 10.0 Å². The van der Waals surface area contributed by atoms with Crippen molar-refractivity contribution in [3.8, 4) is 0 Å². The summed E-state index contributed by atoms with van der Waals surface area (Å²) in [5.41, 5.74) is 1.79. The van der Waals surface area contributed by atoms with Crippen molar-refractivity contribution in [3.63, 3.8) is 0 Å². The summed E-state index contributed by atoms with van der Waals surface area (Å²) in [6, 6.07) is 8.18. The van der Waals surface area contributed by atoms with Crippen LogP contribution in [0.25, 0.3) is 0 Å². The number of benzene rings is 2. The van der Waals surface area contributed by atoms with Crippen LogP contribution in [0.4, 0.5) is 8.78 Å². The average Bonchev–Trinajstić information content (AvgIpc) is 2.95. The Labute approximate surface area is 255 Å². The summed E-state index contributed by atoms with van der Waals surface area (Å²) in [6.07, 6.45) is 2.02. The second kappa shape index (κ2) is 15.9. The van der Waals surface area contributed by atoms with Crippen molar-refractivity contribution < 1.29 is 31.9 Å². The molecule has 43 heavy (non-hydrogen) atoms. The molecule has 1 amide bonds. The van der Waals surface area contributed by atoms with Crippen LogP contribution in [-0.4, -0.2) is 72.5 Å². The maximum atomic E-state index is 14.1. The first-order chi connectivity index (χ1) is 20.4. The van der Waals surface area contributed by atoms with Crippen LogP contribution in [0.15, 0.2) is 36.4 Å². The maximum absolute atomic E-state index is 14.1. The Morgan fingerprint density at radius 1 is 0.977 bits per heavy atom. The number of aliphatic hydroxyl groups is 1. The van der Waals surface area contributed by atoms with Crippen molar-refractivity contribution in [1.82, 2.24) is 9.21 Å². The summed E-state index contributed by atoms with van der Waals surface area (Å²) in [5.74, 6) is -3.12. The molecule has 0 aromatic heterocycles. The third-order valence-corrected chi connectivity index (χ3v) is 10.1. The number of ketones is 1. The maximum Gasteiger partial charge on any atom is 0.253 e. The summed E-state index contributed by atoms with van der Waals surface area (Å²) in [5, 5.41) is 11.6. The Morgan fingerprint density at radius 2 is 1.60 bits per heavy atom. The second-order valence-electron chi connectivity index (χ2n) is 11.8. The van der Waals surface area contributed by atoms with Gasteiger partial charge in [-0.3, -0.25) is 9.59 Å². The lowest BCUT2D eigenvalue weighted by molar-refractivity contribution is 0.0231. The Bertz CT molecular complexity index is 1340. The van der Waals surface area contributed by atoms with Gasteiger partial charge < -0.3 is 10.0 Å². The molecule has 3 atom stereocenters. The topological polar surface area (TPSA) is 95.0 Å². The Balaban J connectivity index is 1.91. The lowest BCUT2D eigenvalue weighted by Crippen LogP contribution is -2.46. The van der Waals surface area contributed by atoms with Crippen LogP contribution in [0.1, 0.15) is 91.1 Å². The number of aliphatic hydroxyl groups excluding tert-OH is 1. The first-order valence-electron chi connectivity index (χ1n) is 15.4. The lowest BCUT2D eigenvalue weighted by Gasteiger charge is -2.37. The summed E-state index contributed by atoms with van der Waals surface area (Å²) >= 11 is 0. The molecule has 1 fully saturated rings. The normalized spacial score (nSPS) is 17.4. The molecule has 1 aliphatic rings. The van der Waals surface area contributed by atoms with Gasteiger partial charge in [-0.05, 0) is 98.7 Å². The van der Waals surface area contributed by atoms with Crippen LogP contribution in [0.2, 0.25) is 0 Å². The lowest BCUT2D eigenvalue weighted by atomic mass is 9.79. The molecule has 1 saturated heterocycles. The fourth-order valence-electron chi connectivity index (χ4n) is 6.08. The molecule has 2 aromatic rings. The van der Waals surface area contributed by atoms with E-state index in [0.29, 0.717) is 55.6 Å². The van der Waals surface area contributed by atoms with Crippen LogP contribution < -0.4 is 0 Å². The number of carbonyl (C=O) groups excluding carboxylic acids is 2. The smallest absolute Gasteiger partial charge is 0.253 e. The number of hydrogen-bond donors (Lipinski definition) is 1. The fraction of sp³-hybridized carbons (Fsp3) is 0.576. The van der Waals surface area contributed by atoms with Gasteiger partial charge in [-0.2, -0.15) is 0 Å². The van der Waals surface area contributed by atoms with E-state index in [4.69, 9.17) is 0 Å². The number of nitrogens with zero attached hydrogens (tertiary/aromatic N) is 2. The largest absolute Gasteiger partial charge is 0.392 e. The van der Waals surface area contributed by atoms with Gasteiger partial charge in [0.15, 0.2) is 5.78 Å². The zero-order valence-corrected chi connectivity index (χ0v) is 26.6. The Kier molecular flexibility index (Phi) is 12.8. The molecule has 238 valence electrons. The van der Waals surface area contributed by atoms with Gasteiger partial charge in [0, 0.05) is 49.8 Å². The molecular formula is C33H46F2N2O5S. The molecule has 0 radical (unpaired) electrons. The van der Waals surface area contributed by atoms with Crippen molar-refractivity contribution in [2.45, 2.75) is 78.7 Å². The number of sulfonamides is 1. The van der Waals surface area contributed by atoms with E-state index in [9.17, 15) is 31.9 Å². The molecule has 0 spiro atoms. The van der Waals surface area contributed by atoms with E-state index in [1.54, 1.807) is 30.0 Å². The minimum Gasteiger partial charge on any atom is -0.392 e.